The molecule has 0 aliphatic carbocycles. The van der Waals surface area contributed by atoms with Crippen LogP contribution in [0.1, 0.15) is 30.9 Å². The summed E-state index contributed by atoms with van der Waals surface area (Å²) in [5.74, 6) is 0.0197. The van der Waals surface area contributed by atoms with Gasteiger partial charge in [0, 0.05) is 16.6 Å². The van der Waals surface area contributed by atoms with Crippen LogP contribution in [0.5, 0.6) is 5.75 Å². The van der Waals surface area contributed by atoms with Crippen molar-refractivity contribution < 1.29 is 5.11 Å². The van der Waals surface area contributed by atoms with E-state index in [4.69, 9.17) is 34.7 Å². The molecular weight excluding hydrogens is 247 g/mol. The van der Waals surface area contributed by atoms with Crippen molar-refractivity contribution in [2.45, 2.75) is 25.3 Å². The van der Waals surface area contributed by atoms with Gasteiger partial charge in [0.1, 0.15) is 5.75 Å². The van der Waals surface area contributed by atoms with Gasteiger partial charge in [0.05, 0.1) is 5.02 Å². The van der Waals surface area contributed by atoms with Crippen LogP contribution in [0, 0.1) is 0 Å². The van der Waals surface area contributed by atoms with E-state index in [1.807, 2.05) is 0 Å². The molecule has 5 heteroatoms. The summed E-state index contributed by atoms with van der Waals surface area (Å²) < 4.78 is 0. The molecule has 0 unspecified atom stereocenters. The molecule has 0 amide bonds. The zero-order valence-corrected chi connectivity index (χ0v) is 10.4. The number of unbranched alkanes of at least 4 members (excludes halogenated alkanes) is 1. The fraction of sp³-hybridized carbons (Fsp3) is 0.455. The van der Waals surface area contributed by atoms with Gasteiger partial charge in [-0.1, -0.05) is 29.6 Å². The maximum atomic E-state index is 9.75. The second-order valence-electron chi connectivity index (χ2n) is 3.72. The molecule has 16 heavy (non-hydrogen) atoms. The van der Waals surface area contributed by atoms with Crippen LogP contribution in [-0.4, -0.2) is 11.7 Å². The molecular formula is C11H16Cl2N2O. The number of hydrogen-bond donors (Lipinski definition) is 3. The Morgan fingerprint density at radius 1 is 1.25 bits per heavy atom. The number of benzene rings is 1. The van der Waals surface area contributed by atoms with Crippen LogP contribution < -0.4 is 11.5 Å². The maximum absolute atomic E-state index is 9.75. The Kier molecular flexibility index (Phi) is 5.35. The number of nitrogens with two attached hydrogens (primary N) is 2. The predicted molar refractivity (Wildman–Crippen MR) is 68.0 cm³/mol. The zero-order valence-electron chi connectivity index (χ0n) is 8.92. The standard InChI is InChI=1S/C11H16Cl2N2O/c12-7-5-8(11(16)9(13)6-7)10(15)3-1-2-4-14/h5-6,10,16H,1-4,14-15H2/t10-/m0/s1. The van der Waals surface area contributed by atoms with Crippen molar-refractivity contribution in [3.05, 3.63) is 27.7 Å². The van der Waals surface area contributed by atoms with Crippen molar-refractivity contribution in [2.24, 2.45) is 11.5 Å². The van der Waals surface area contributed by atoms with Gasteiger partial charge < -0.3 is 16.6 Å². The molecule has 0 heterocycles. The van der Waals surface area contributed by atoms with Gasteiger partial charge in [0.15, 0.2) is 0 Å². The second kappa shape index (κ2) is 6.30. The molecule has 1 aromatic carbocycles. The van der Waals surface area contributed by atoms with Gasteiger partial charge in [-0.2, -0.15) is 0 Å². The zero-order chi connectivity index (χ0) is 12.1. The summed E-state index contributed by atoms with van der Waals surface area (Å²) in [6, 6.07) is 2.88. The number of phenolic OH excluding ortho intramolecular Hbond substituents is 1. The summed E-state index contributed by atoms with van der Waals surface area (Å²) in [6.45, 7) is 0.648. The maximum Gasteiger partial charge on any atom is 0.139 e. The summed E-state index contributed by atoms with van der Waals surface area (Å²) in [6.07, 6.45) is 2.59. The first-order chi connectivity index (χ1) is 7.56. The predicted octanol–water partition coefficient (Wildman–Crippen LogP) is 2.83. The lowest BCUT2D eigenvalue weighted by molar-refractivity contribution is 0.456. The molecule has 1 atom stereocenters. The minimum absolute atomic E-state index is 0.0197. The molecule has 0 aromatic heterocycles. The highest BCUT2D eigenvalue weighted by Crippen LogP contribution is 2.35. The SMILES string of the molecule is NCCCC[C@H](N)c1cc(Cl)cc(Cl)c1O. The Hall–Kier alpha value is -0.480. The third-order valence-corrected chi connectivity index (χ3v) is 2.93. The van der Waals surface area contributed by atoms with Crippen molar-refractivity contribution in [2.75, 3.05) is 6.54 Å². The number of halogens is 2. The van der Waals surface area contributed by atoms with E-state index in [-0.39, 0.29) is 16.8 Å². The monoisotopic (exact) mass is 262 g/mol. The average Bonchev–Trinajstić information content (AvgIpc) is 2.23. The molecule has 0 saturated carbocycles. The van der Waals surface area contributed by atoms with Gasteiger partial charge in [-0.15, -0.1) is 0 Å². The first-order valence-corrected chi connectivity index (χ1v) is 5.95. The highest BCUT2D eigenvalue weighted by atomic mass is 35.5. The van der Waals surface area contributed by atoms with Crippen LogP contribution in [0.3, 0.4) is 0 Å². The molecule has 0 spiro atoms. The lowest BCUT2D eigenvalue weighted by atomic mass is 10.0. The van der Waals surface area contributed by atoms with Crippen LogP contribution in [0.4, 0.5) is 0 Å². The molecule has 0 fully saturated rings. The summed E-state index contributed by atoms with van der Waals surface area (Å²) >= 11 is 11.7. The summed E-state index contributed by atoms with van der Waals surface area (Å²) in [5.41, 5.74) is 11.9. The first-order valence-electron chi connectivity index (χ1n) is 5.19. The summed E-state index contributed by atoms with van der Waals surface area (Å²) in [5, 5.41) is 10.5. The molecule has 0 bridgehead atoms. The fourth-order valence-electron chi connectivity index (χ4n) is 1.53. The van der Waals surface area contributed by atoms with Crippen molar-refractivity contribution in [3.63, 3.8) is 0 Å². The molecule has 5 N–H and O–H groups in total. The van der Waals surface area contributed by atoms with Crippen LogP contribution in [-0.2, 0) is 0 Å². The van der Waals surface area contributed by atoms with Gasteiger partial charge in [-0.3, -0.25) is 0 Å². The Morgan fingerprint density at radius 3 is 2.56 bits per heavy atom. The summed E-state index contributed by atoms with van der Waals surface area (Å²) in [4.78, 5) is 0. The molecule has 0 aliphatic heterocycles. The van der Waals surface area contributed by atoms with Crippen LogP contribution in [0.15, 0.2) is 12.1 Å². The fourth-order valence-corrected chi connectivity index (χ4v) is 2.04. The number of phenols is 1. The molecule has 1 aromatic rings. The average molecular weight is 263 g/mol. The van der Waals surface area contributed by atoms with Crippen LogP contribution in [0.2, 0.25) is 10.0 Å². The molecule has 0 aliphatic rings. The third-order valence-electron chi connectivity index (χ3n) is 2.43. The Bertz CT molecular complexity index is 358. The van der Waals surface area contributed by atoms with Gasteiger partial charge in [-0.05, 0) is 31.5 Å². The molecule has 0 radical (unpaired) electrons. The Morgan fingerprint density at radius 2 is 1.94 bits per heavy atom. The highest BCUT2D eigenvalue weighted by Gasteiger charge is 2.14. The van der Waals surface area contributed by atoms with E-state index in [0.717, 1.165) is 19.3 Å². The van der Waals surface area contributed by atoms with Crippen LogP contribution in [0.25, 0.3) is 0 Å². The smallest absolute Gasteiger partial charge is 0.139 e. The molecule has 0 saturated heterocycles. The first kappa shape index (κ1) is 13.6. The van der Waals surface area contributed by atoms with Crippen LogP contribution >= 0.6 is 23.2 Å². The van der Waals surface area contributed by atoms with E-state index >= 15 is 0 Å². The van der Waals surface area contributed by atoms with Gasteiger partial charge in [0.25, 0.3) is 0 Å². The second-order valence-corrected chi connectivity index (χ2v) is 4.56. The summed E-state index contributed by atoms with van der Waals surface area (Å²) in [7, 11) is 0. The largest absolute Gasteiger partial charge is 0.506 e. The Labute approximate surface area is 105 Å². The van der Waals surface area contributed by atoms with E-state index < -0.39 is 0 Å². The number of rotatable bonds is 5. The van der Waals surface area contributed by atoms with Crippen molar-refractivity contribution >= 4 is 23.2 Å². The molecule has 90 valence electrons. The van der Waals surface area contributed by atoms with Gasteiger partial charge in [-0.25, -0.2) is 0 Å². The van der Waals surface area contributed by atoms with Gasteiger partial charge >= 0.3 is 0 Å². The van der Waals surface area contributed by atoms with Gasteiger partial charge in [0.2, 0.25) is 0 Å². The molecule has 3 nitrogen and oxygen atoms in total. The van der Waals surface area contributed by atoms with E-state index in [1.54, 1.807) is 6.07 Å². The lowest BCUT2D eigenvalue weighted by Crippen LogP contribution is -2.11. The topological polar surface area (TPSA) is 72.3 Å². The highest BCUT2D eigenvalue weighted by molar-refractivity contribution is 6.35. The van der Waals surface area contributed by atoms with Crippen molar-refractivity contribution in [3.8, 4) is 5.75 Å². The number of aromatic hydroxyl groups is 1. The lowest BCUT2D eigenvalue weighted by Gasteiger charge is -2.14. The van der Waals surface area contributed by atoms with E-state index in [2.05, 4.69) is 0 Å². The minimum atomic E-state index is -0.261. The normalized spacial score (nSPS) is 12.8. The van der Waals surface area contributed by atoms with E-state index in [1.165, 1.54) is 6.07 Å². The quantitative estimate of drug-likeness (QED) is 0.715. The molecule has 1 rings (SSSR count). The van der Waals surface area contributed by atoms with E-state index in [0.29, 0.717) is 17.1 Å². The van der Waals surface area contributed by atoms with E-state index in [9.17, 15) is 5.11 Å². The number of hydrogen-bond acceptors (Lipinski definition) is 3. The van der Waals surface area contributed by atoms with Crippen molar-refractivity contribution in [1.29, 1.82) is 0 Å². The third kappa shape index (κ3) is 3.52. The Balaban J connectivity index is 2.78. The minimum Gasteiger partial charge on any atom is -0.506 e. The van der Waals surface area contributed by atoms with Crippen molar-refractivity contribution in [1.82, 2.24) is 0 Å².